The lowest BCUT2D eigenvalue weighted by Crippen LogP contribution is -2.28. The Bertz CT molecular complexity index is 533. The van der Waals surface area contributed by atoms with Crippen LogP contribution in [-0.2, 0) is 17.0 Å². The maximum absolute atomic E-state index is 12.7. The third-order valence-electron chi connectivity index (χ3n) is 2.63. The number of hydrogen-bond donors (Lipinski definition) is 2. The molecule has 1 rings (SSSR count). The molecule has 118 valence electrons. The first-order valence-electron chi connectivity index (χ1n) is 6.29. The van der Waals surface area contributed by atoms with Crippen LogP contribution in [0.5, 0.6) is 0 Å². The fourth-order valence-electron chi connectivity index (χ4n) is 1.66. The van der Waals surface area contributed by atoms with E-state index in [-0.39, 0.29) is 17.9 Å². The van der Waals surface area contributed by atoms with Crippen molar-refractivity contribution in [3.8, 4) is 0 Å². The summed E-state index contributed by atoms with van der Waals surface area (Å²) >= 11 is 0. The van der Waals surface area contributed by atoms with Crippen LogP contribution in [0.2, 0.25) is 0 Å². The van der Waals surface area contributed by atoms with Gasteiger partial charge in [-0.3, -0.25) is 9.00 Å². The van der Waals surface area contributed by atoms with Gasteiger partial charge in [-0.1, -0.05) is 0 Å². The maximum atomic E-state index is 12.7. The van der Waals surface area contributed by atoms with E-state index in [9.17, 15) is 22.2 Å². The number of alkyl halides is 3. The zero-order valence-corrected chi connectivity index (χ0v) is 12.5. The third kappa shape index (κ3) is 5.37. The topological polar surface area (TPSA) is 58.2 Å². The summed E-state index contributed by atoms with van der Waals surface area (Å²) in [4.78, 5) is 12.0. The van der Waals surface area contributed by atoms with Crippen molar-refractivity contribution in [1.29, 1.82) is 0 Å². The fourth-order valence-corrected chi connectivity index (χ4v) is 2.05. The predicted octanol–water partition coefficient (Wildman–Crippen LogP) is 2.25. The molecule has 1 aromatic carbocycles. The highest BCUT2D eigenvalue weighted by Crippen LogP contribution is 2.31. The third-order valence-corrected chi connectivity index (χ3v) is 3.41. The molecule has 0 heterocycles. The summed E-state index contributed by atoms with van der Waals surface area (Å²) in [6, 6.07) is 2.98. The average Bonchev–Trinajstić information content (AvgIpc) is 2.37. The van der Waals surface area contributed by atoms with Gasteiger partial charge in [0.1, 0.15) is 0 Å². The SMILES string of the molecule is CCNc1ccc(C(F)(F)F)cc1C(=O)NCCS(C)=O. The standard InChI is InChI=1S/C13H17F3N2O2S/c1-3-17-11-5-4-9(13(14,15)16)8-10(11)12(19)18-6-7-21(2)20/h4-5,8,17H,3,6-7H2,1-2H3,(H,18,19). The van der Waals surface area contributed by atoms with Gasteiger partial charge in [0.25, 0.3) is 5.91 Å². The summed E-state index contributed by atoms with van der Waals surface area (Å²) in [6.45, 7) is 2.40. The van der Waals surface area contributed by atoms with Crippen LogP contribution < -0.4 is 10.6 Å². The van der Waals surface area contributed by atoms with Crippen LogP contribution in [-0.4, -0.2) is 35.2 Å². The lowest BCUT2D eigenvalue weighted by molar-refractivity contribution is -0.137. The summed E-state index contributed by atoms with van der Waals surface area (Å²) in [5, 5.41) is 5.32. The number of hydrogen-bond acceptors (Lipinski definition) is 3. The van der Waals surface area contributed by atoms with Gasteiger partial charge < -0.3 is 10.6 Å². The molecule has 0 saturated heterocycles. The van der Waals surface area contributed by atoms with Gasteiger partial charge >= 0.3 is 6.18 Å². The van der Waals surface area contributed by atoms with Gasteiger partial charge in [0.2, 0.25) is 0 Å². The molecule has 0 bridgehead atoms. The Kier molecular flexibility index (Phi) is 6.19. The number of benzene rings is 1. The maximum Gasteiger partial charge on any atom is 0.416 e. The molecular formula is C13H17F3N2O2S. The van der Waals surface area contributed by atoms with E-state index in [1.165, 1.54) is 12.3 Å². The molecule has 1 aromatic rings. The van der Waals surface area contributed by atoms with Gasteiger partial charge in [0.15, 0.2) is 0 Å². The number of rotatable bonds is 6. The second-order valence-corrected chi connectivity index (χ2v) is 5.88. The van der Waals surface area contributed by atoms with Crippen LogP contribution in [0.15, 0.2) is 18.2 Å². The van der Waals surface area contributed by atoms with E-state index < -0.39 is 28.4 Å². The summed E-state index contributed by atoms with van der Waals surface area (Å²) in [6.07, 6.45) is -3.02. The van der Waals surface area contributed by atoms with Gasteiger partial charge in [-0.05, 0) is 25.1 Å². The van der Waals surface area contributed by atoms with Crippen molar-refractivity contribution in [3.05, 3.63) is 29.3 Å². The van der Waals surface area contributed by atoms with Crippen molar-refractivity contribution < 1.29 is 22.2 Å². The van der Waals surface area contributed by atoms with Crippen LogP contribution in [0.1, 0.15) is 22.8 Å². The predicted molar refractivity (Wildman–Crippen MR) is 76.9 cm³/mol. The van der Waals surface area contributed by atoms with E-state index in [0.29, 0.717) is 12.2 Å². The Hall–Kier alpha value is -1.57. The molecule has 2 N–H and O–H groups in total. The zero-order chi connectivity index (χ0) is 16.0. The number of anilines is 1. The van der Waals surface area contributed by atoms with E-state index in [4.69, 9.17) is 0 Å². The minimum Gasteiger partial charge on any atom is -0.385 e. The van der Waals surface area contributed by atoms with Gasteiger partial charge in [-0.15, -0.1) is 0 Å². The van der Waals surface area contributed by atoms with Gasteiger partial charge in [0, 0.05) is 41.6 Å². The summed E-state index contributed by atoms with van der Waals surface area (Å²) in [7, 11) is -1.08. The minimum atomic E-state index is -4.51. The lowest BCUT2D eigenvalue weighted by Gasteiger charge is -2.14. The highest BCUT2D eigenvalue weighted by Gasteiger charge is 2.31. The molecule has 0 aliphatic heterocycles. The number of carbonyl (C=O) groups is 1. The normalized spacial score (nSPS) is 12.8. The number of halogens is 3. The van der Waals surface area contributed by atoms with Crippen molar-refractivity contribution in [2.24, 2.45) is 0 Å². The van der Waals surface area contributed by atoms with Gasteiger partial charge in [0.05, 0.1) is 11.1 Å². The Morgan fingerprint density at radius 3 is 2.52 bits per heavy atom. The molecule has 0 spiro atoms. The summed E-state index contributed by atoms with van der Waals surface area (Å²) in [5.74, 6) is -0.371. The van der Waals surface area contributed by atoms with Crippen LogP contribution in [0.25, 0.3) is 0 Å². The molecular weight excluding hydrogens is 305 g/mol. The molecule has 1 atom stereocenters. The second kappa shape index (κ2) is 7.44. The minimum absolute atomic E-state index is 0.0754. The molecule has 0 aliphatic rings. The molecule has 21 heavy (non-hydrogen) atoms. The molecule has 0 fully saturated rings. The van der Waals surface area contributed by atoms with E-state index in [1.54, 1.807) is 6.92 Å². The van der Waals surface area contributed by atoms with E-state index in [1.807, 2.05) is 0 Å². The van der Waals surface area contributed by atoms with Crippen LogP contribution in [0.4, 0.5) is 18.9 Å². The first kappa shape index (κ1) is 17.5. The fraction of sp³-hybridized carbons (Fsp3) is 0.462. The Labute approximate surface area is 123 Å². The number of carbonyl (C=O) groups excluding carboxylic acids is 1. The van der Waals surface area contributed by atoms with E-state index in [0.717, 1.165) is 12.1 Å². The van der Waals surface area contributed by atoms with Crippen molar-refractivity contribution in [2.75, 3.05) is 30.4 Å². The molecule has 0 aromatic heterocycles. The summed E-state index contributed by atoms with van der Waals surface area (Å²) < 4.78 is 49.1. The highest BCUT2D eigenvalue weighted by atomic mass is 32.2. The quantitative estimate of drug-likeness (QED) is 0.844. The van der Waals surface area contributed by atoms with Crippen molar-refractivity contribution in [2.45, 2.75) is 13.1 Å². The van der Waals surface area contributed by atoms with Gasteiger partial charge in [-0.2, -0.15) is 13.2 Å². The van der Waals surface area contributed by atoms with Crippen LogP contribution in [0, 0.1) is 0 Å². The van der Waals surface area contributed by atoms with Crippen LogP contribution >= 0.6 is 0 Å². The van der Waals surface area contributed by atoms with E-state index >= 15 is 0 Å². The van der Waals surface area contributed by atoms with Crippen molar-refractivity contribution >= 4 is 22.4 Å². The smallest absolute Gasteiger partial charge is 0.385 e. The molecule has 0 saturated carbocycles. The Balaban J connectivity index is 2.99. The molecule has 8 heteroatoms. The first-order chi connectivity index (χ1) is 9.75. The zero-order valence-electron chi connectivity index (χ0n) is 11.7. The average molecular weight is 322 g/mol. The van der Waals surface area contributed by atoms with E-state index in [2.05, 4.69) is 10.6 Å². The van der Waals surface area contributed by atoms with Crippen molar-refractivity contribution in [3.63, 3.8) is 0 Å². The number of amides is 1. The summed E-state index contributed by atoms with van der Waals surface area (Å²) in [5.41, 5.74) is -0.623. The second-order valence-electron chi connectivity index (χ2n) is 4.32. The van der Waals surface area contributed by atoms with Gasteiger partial charge in [-0.25, -0.2) is 0 Å². The molecule has 0 radical (unpaired) electrons. The number of nitrogens with one attached hydrogen (secondary N) is 2. The molecule has 1 amide bonds. The lowest BCUT2D eigenvalue weighted by atomic mass is 10.1. The molecule has 4 nitrogen and oxygen atoms in total. The van der Waals surface area contributed by atoms with Crippen molar-refractivity contribution in [1.82, 2.24) is 5.32 Å². The first-order valence-corrected chi connectivity index (χ1v) is 8.01. The Morgan fingerprint density at radius 1 is 1.33 bits per heavy atom. The molecule has 0 aliphatic carbocycles. The monoisotopic (exact) mass is 322 g/mol. The van der Waals surface area contributed by atoms with Crippen LogP contribution in [0.3, 0.4) is 0 Å². The highest BCUT2D eigenvalue weighted by molar-refractivity contribution is 7.84. The Morgan fingerprint density at radius 2 is 2.00 bits per heavy atom. The molecule has 1 unspecified atom stereocenters. The largest absolute Gasteiger partial charge is 0.416 e.